The third-order valence-electron chi connectivity index (χ3n) is 9.03. The molecular formula is C23H44N4O2. The molecule has 6 nitrogen and oxygen atoms in total. The van der Waals surface area contributed by atoms with Crippen molar-refractivity contribution in [1.29, 1.82) is 0 Å². The smallest absolute Gasteiger partial charge is 0.0834 e. The molecular weight excluding hydrogens is 364 g/mol. The van der Waals surface area contributed by atoms with Gasteiger partial charge in [-0.15, -0.1) is 0 Å². The summed E-state index contributed by atoms with van der Waals surface area (Å²) in [6, 6.07) is 0. The number of ether oxygens (including phenoxy) is 2. The summed E-state index contributed by atoms with van der Waals surface area (Å²) in [5, 5.41) is 3.55. The van der Waals surface area contributed by atoms with Gasteiger partial charge in [0.15, 0.2) is 0 Å². The molecule has 0 aromatic heterocycles. The molecule has 0 unspecified atom stereocenters. The van der Waals surface area contributed by atoms with Crippen LogP contribution in [0.4, 0.5) is 0 Å². The van der Waals surface area contributed by atoms with Crippen molar-refractivity contribution in [2.75, 3.05) is 72.6 Å². The topological polar surface area (TPSA) is 40.2 Å². The van der Waals surface area contributed by atoms with Gasteiger partial charge in [0.25, 0.3) is 0 Å². The Kier molecular flexibility index (Phi) is 6.08. The normalized spacial score (nSPS) is 30.1. The second-order valence-electron chi connectivity index (χ2n) is 11.1. The maximum atomic E-state index is 6.41. The van der Waals surface area contributed by atoms with Crippen molar-refractivity contribution < 1.29 is 9.47 Å². The maximum Gasteiger partial charge on any atom is 0.0834 e. The lowest BCUT2D eigenvalue weighted by Gasteiger charge is -2.60. The Labute approximate surface area is 178 Å². The molecule has 0 atom stereocenters. The van der Waals surface area contributed by atoms with Crippen LogP contribution in [0.25, 0.3) is 0 Å². The van der Waals surface area contributed by atoms with Crippen LogP contribution in [0.2, 0.25) is 0 Å². The largest absolute Gasteiger partial charge is 0.372 e. The van der Waals surface area contributed by atoms with Crippen LogP contribution in [0.5, 0.6) is 0 Å². The van der Waals surface area contributed by atoms with Gasteiger partial charge in [-0.25, -0.2) is 0 Å². The van der Waals surface area contributed by atoms with Crippen molar-refractivity contribution in [3.63, 3.8) is 0 Å². The highest BCUT2D eigenvalue weighted by Crippen LogP contribution is 2.41. The van der Waals surface area contributed by atoms with Crippen LogP contribution in [0.1, 0.15) is 53.4 Å². The molecule has 2 spiro atoms. The van der Waals surface area contributed by atoms with Gasteiger partial charge in [-0.05, 0) is 60.4 Å². The summed E-state index contributed by atoms with van der Waals surface area (Å²) in [6.45, 7) is 20.3. The molecule has 0 aliphatic carbocycles. The standard InChI is InChI=1S/C23H44N4O2/c1-20(2,26-13-8-22(9-14-26)18-24-10-16-28-22)21(3,4)27-15-17-29-23(19-27)6-11-25(5)12-7-23/h24H,6-19H2,1-5H3. The van der Waals surface area contributed by atoms with E-state index < -0.39 is 0 Å². The zero-order valence-corrected chi connectivity index (χ0v) is 19.6. The van der Waals surface area contributed by atoms with Gasteiger partial charge in [-0.1, -0.05) is 0 Å². The lowest BCUT2D eigenvalue weighted by atomic mass is 9.75. The van der Waals surface area contributed by atoms with Gasteiger partial charge in [-0.2, -0.15) is 0 Å². The monoisotopic (exact) mass is 408 g/mol. The fraction of sp³-hybridized carbons (Fsp3) is 1.00. The lowest BCUT2D eigenvalue weighted by molar-refractivity contribution is -0.175. The summed E-state index contributed by atoms with van der Waals surface area (Å²) >= 11 is 0. The summed E-state index contributed by atoms with van der Waals surface area (Å²) in [7, 11) is 2.23. The van der Waals surface area contributed by atoms with E-state index in [1.54, 1.807) is 0 Å². The summed E-state index contributed by atoms with van der Waals surface area (Å²) in [6.07, 6.45) is 4.60. The van der Waals surface area contributed by atoms with E-state index in [-0.39, 0.29) is 22.3 Å². The molecule has 4 fully saturated rings. The maximum absolute atomic E-state index is 6.41. The second kappa shape index (κ2) is 8.03. The van der Waals surface area contributed by atoms with Crippen molar-refractivity contribution in [2.45, 2.75) is 75.7 Å². The Morgan fingerprint density at radius 2 is 1.31 bits per heavy atom. The van der Waals surface area contributed by atoms with Crippen LogP contribution in [-0.2, 0) is 9.47 Å². The Bertz CT molecular complexity index is 555. The lowest BCUT2D eigenvalue weighted by Crippen LogP contribution is -2.71. The van der Waals surface area contributed by atoms with E-state index in [2.05, 4.69) is 54.8 Å². The molecule has 29 heavy (non-hydrogen) atoms. The molecule has 4 aliphatic heterocycles. The fourth-order valence-corrected chi connectivity index (χ4v) is 5.93. The van der Waals surface area contributed by atoms with E-state index in [0.717, 1.165) is 91.3 Å². The first-order valence-electron chi connectivity index (χ1n) is 11.9. The van der Waals surface area contributed by atoms with E-state index in [4.69, 9.17) is 9.47 Å². The van der Waals surface area contributed by atoms with Gasteiger partial charge >= 0.3 is 0 Å². The average Bonchev–Trinajstić information content (AvgIpc) is 2.71. The minimum absolute atomic E-state index is 0.0612. The predicted molar refractivity (Wildman–Crippen MR) is 118 cm³/mol. The van der Waals surface area contributed by atoms with E-state index >= 15 is 0 Å². The van der Waals surface area contributed by atoms with E-state index in [1.165, 1.54) is 0 Å². The molecule has 0 radical (unpaired) electrons. The summed E-state index contributed by atoms with van der Waals surface area (Å²) in [4.78, 5) is 7.91. The highest BCUT2D eigenvalue weighted by Gasteiger charge is 2.51. The summed E-state index contributed by atoms with van der Waals surface area (Å²) in [5.41, 5.74) is 0.321. The molecule has 4 aliphatic rings. The van der Waals surface area contributed by atoms with E-state index in [9.17, 15) is 0 Å². The number of morpholine rings is 2. The molecule has 4 heterocycles. The molecule has 1 N–H and O–H groups in total. The van der Waals surface area contributed by atoms with Crippen molar-refractivity contribution >= 4 is 0 Å². The molecule has 0 amide bonds. The minimum Gasteiger partial charge on any atom is -0.372 e. The van der Waals surface area contributed by atoms with Crippen molar-refractivity contribution in [2.24, 2.45) is 0 Å². The molecule has 168 valence electrons. The Hall–Kier alpha value is -0.240. The number of hydrogen-bond acceptors (Lipinski definition) is 6. The van der Waals surface area contributed by atoms with Crippen LogP contribution in [0, 0.1) is 0 Å². The van der Waals surface area contributed by atoms with Crippen molar-refractivity contribution in [1.82, 2.24) is 20.0 Å². The number of likely N-dealkylation sites (tertiary alicyclic amines) is 2. The fourth-order valence-electron chi connectivity index (χ4n) is 5.93. The van der Waals surface area contributed by atoms with Crippen LogP contribution in [0.15, 0.2) is 0 Å². The highest BCUT2D eigenvalue weighted by molar-refractivity contribution is 5.08. The number of hydrogen-bond donors (Lipinski definition) is 1. The van der Waals surface area contributed by atoms with Gasteiger partial charge in [0.1, 0.15) is 0 Å². The van der Waals surface area contributed by atoms with Crippen LogP contribution in [0.3, 0.4) is 0 Å². The Balaban J connectivity index is 1.43. The first-order chi connectivity index (χ1) is 13.7. The molecule has 6 heteroatoms. The highest BCUT2D eigenvalue weighted by atomic mass is 16.5. The van der Waals surface area contributed by atoms with E-state index in [0.29, 0.717) is 0 Å². The second-order valence-corrected chi connectivity index (χ2v) is 11.1. The molecule has 0 aromatic rings. The van der Waals surface area contributed by atoms with Gasteiger partial charge in [0.05, 0.1) is 24.4 Å². The Morgan fingerprint density at radius 1 is 0.724 bits per heavy atom. The van der Waals surface area contributed by atoms with Gasteiger partial charge in [0, 0.05) is 63.4 Å². The SMILES string of the molecule is CN1CCC2(CC1)CN(C(C)(C)C(C)(C)N1CCC3(CC1)CNCCO3)CCO2. The molecule has 0 bridgehead atoms. The third kappa shape index (κ3) is 4.13. The predicted octanol–water partition coefficient (Wildman–Crippen LogP) is 1.79. The third-order valence-corrected chi connectivity index (χ3v) is 9.03. The zero-order chi connectivity index (χ0) is 20.8. The number of piperidine rings is 2. The first-order valence-corrected chi connectivity index (χ1v) is 11.9. The van der Waals surface area contributed by atoms with Crippen molar-refractivity contribution in [3.05, 3.63) is 0 Å². The average molecular weight is 409 g/mol. The van der Waals surface area contributed by atoms with Gasteiger partial charge < -0.3 is 19.7 Å². The zero-order valence-electron chi connectivity index (χ0n) is 19.6. The summed E-state index contributed by atoms with van der Waals surface area (Å²) in [5.74, 6) is 0. The van der Waals surface area contributed by atoms with E-state index in [1.807, 2.05) is 0 Å². The van der Waals surface area contributed by atoms with Crippen molar-refractivity contribution in [3.8, 4) is 0 Å². The van der Waals surface area contributed by atoms with Crippen LogP contribution >= 0.6 is 0 Å². The Morgan fingerprint density at radius 3 is 1.93 bits per heavy atom. The first kappa shape index (κ1) is 22.0. The minimum atomic E-state index is 0.0612. The number of nitrogens with zero attached hydrogens (tertiary/aromatic N) is 3. The van der Waals surface area contributed by atoms with Crippen LogP contribution in [-0.4, -0.2) is 110 Å². The molecule has 0 saturated carbocycles. The van der Waals surface area contributed by atoms with Gasteiger partial charge in [0.2, 0.25) is 0 Å². The molecule has 4 rings (SSSR count). The van der Waals surface area contributed by atoms with Crippen LogP contribution < -0.4 is 5.32 Å². The number of rotatable bonds is 3. The molecule has 0 aromatic carbocycles. The molecule has 4 saturated heterocycles. The van der Waals surface area contributed by atoms with Gasteiger partial charge in [-0.3, -0.25) is 9.80 Å². The quantitative estimate of drug-likeness (QED) is 0.768. The number of nitrogens with one attached hydrogen (secondary N) is 1. The summed E-state index contributed by atoms with van der Waals surface area (Å²) < 4.78 is 12.6.